The number of carbonyl (C=O) groups excluding carboxylic acids is 3. The van der Waals surface area contributed by atoms with Gasteiger partial charge in [0.2, 0.25) is 0 Å². The van der Waals surface area contributed by atoms with Gasteiger partial charge in [-0.25, -0.2) is 0 Å². The van der Waals surface area contributed by atoms with E-state index < -0.39 is 6.10 Å². The Labute approximate surface area is 439 Å². The number of ether oxygens (including phenoxy) is 3. The molecule has 0 saturated carbocycles. The van der Waals surface area contributed by atoms with Crippen molar-refractivity contribution in [2.24, 2.45) is 0 Å². The van der Waals surface area contributed by atoms with Crippen LogP contribution in [0.2, 0.25) is 0 Å². The number of hydrogen-bond donors (Lipinski definition) is 0. The van der Waals surface area contributed by atoms with Crippen molar-refractivity contribution in [1.82, 2.24) is 0 Å². The van der Waals surface area contributed by atoms with E-state index in [1.807, 2.05) is 0 Å². The molecule has 0 aromatic carbocycles. The molecule has 6 heteroatoms. The highest BCUT2D eigenvalue weighted by atomic mass is 16.6. The summed E-state index contributed by atoms with van der Waals surface area (Å²) in [5.74, 6) is -0.933. The van der Waals surface area contributed by atoms with Crippen LogP contribution in [0.3, 0.4) is 0 Å². The molecule has 0 aliphatic heterocycles. The SMILES string of the molecule is CCCCC/C=C\C/C=C\C/C=C\C/C=C\CCCCCC(=O)OC[C@@H](COC(=O)CCCCCCC/C=C\C/C=C\CCCCC)OC(=O)CCCCCCCCCCC/C=C\CCCCCCCC. The van der Waals surface area contributed by atoms with E-state index in [-0.39, 0.29) is 31.1 Å². The molecule has 6 nitrogen and oxygen atoms in total. The lowest BCUT2D eigenvalue weighted by Crippen LogP contribution is -2.30. The van der Waals surface area contributed by atoms with Crippen LogP contribution in [0.4, 0.5) is 0 Å². The average molecular weight is 990 g/mol. The molecule has 0 bridgehead atoms. The molecular formula is C65H112O6. The third-order valence-electron chi connectivity index (χ3n) is 12.8. The van der Waals surface area contributed by atoms with Crippen molar-refractivity contribution in [1.29, 1.82) is 0 Å². The summed E-state index contributed by atoms with van der Waals surface area (Å²) in [4.78, 5) is 38.2. The molecule has 0 saturated heterocycles. The molecule has 0 unspecified atom stereocenters. The fraction of sp³-hybridized carbons (Fsp3) is 0.738. The fourth-order valence-corrected chi connectivity index (χ4v) is 8.27. The molecule has 0 heterocycles. The summed E-state index contributed by atoms with van der Waals surface area (Å²) in [5.41, 5.74) is 0. The average Bonchev–Trinajstić information content (AvgIpc) is 3.37. The maximum Gasteiger partial charge on any atom is 0.306 e. The molecule has 0 aromatic rings. The van der Waals surface area contributed by atoms with Gasteiger partial charge in [0.25, 0.3) is 0 Å². The van der Waals surface area contributed by atoms with Gasteiger partial charge in [0.05, 0.1) is 0 Å². The smallest absolute Gasteiger partial charge is 0.306 e. The van der Waals surface area contributed by atoms with Crippen LogP contribution in [-0.2, 0) is 28.6 Å². The van der Waals surface area contributed by atoms with Crippen LogP contribution < -0.4 is 0 Å². The second-order valence-electron chi connectivity index (χ2n) is 19.9. The third kappa shape index (κ3) is 57.4. The molecule has 0 fully saturated rings. The molecule has 408 valence electrons. The van der Waals surface area contributed by atoms with Crippen LogP contribution in [0.25, 0.3) is 0 Å². The third-order valence-corrected chi connectivity index (χ3v) is 12.8. The summed E-state index contributed by atoms with van der Waals surface area (Å²) >= 11 is 0. The molecule has 0 N–H and O–H groups in total. The van der Waals surface area contributed by atoms with Gasteiger partial charge >= 0.3 is 17.9 Å². The Balaban J connectivity index is 4.45. The van der Waals surface area contributed by atoms with Crippen LogP contribution in [0.1, 0.15) is 290 Å². The first-order valence-corrected chi connectivity index (χ1v) is 30.1. The van der Waals surface area contributed by atoms with E-state index in [0.717, 1.165) is 109 Å². The van der Waals surface area contributed by atoms with E-state index in [1.54, 1.807) is 0 Å². The zero-order valence-electron chi connectivity index (χ0n) is 46.7. The predicted molar refractivity (Wildman–Crippen MR) is 307 cm³/mol. The standard InChI is InChI=1S/C65H112O6/c1-4-7-10-13-16-19-22-25-28-30-32-34-37-40-43-46-49-52-55-58-64(67)70-61-62(60-69-63(66)57-54-51-48-45-42-39-36-27-24-21-18-15-12-9-6-3)71-65(68)59-56-53-50-47-44-41-38-35-33-31-29-26-23-20-17-14-11-8-5-2/h16,18-19,21,25-29,32,34,36,40,43,62H,4-15,17,20,22-24,30-31,33,35,37-39,41-42,44-61H2,1-3H3/b19-16-,21-18-,28-25-,29-26-,34-32-,36-27-,43-40-/t62-/m1/s1. The lowest BCUT2D eigenvalue weighted by atomic mass is 10.1. The summed E-state index contributed by atoms with van der Waals surface area (Å²) in [6.07, 6.45) is 77.1. The molecule has 0 spiro atoms. The fourth-order valence-electron chi connectivity index (χ4n) is 8.27. The van der Waals surface area contributed by atoms with Crippen molar-refractivity contribution in [3.63, 3.8) is 0 Å². The highest BCUT2D eigenvalue weighted by Crippen LogP contribution is 2.15. The van der Waals surface area contributed by atoms with E-state index in [9.17, 15) is 14.4 Å². The normalized spacial score (nSPS) is 12.7. The zero-order valence-corrected chi connectivity index (χ0v) is 46.7. The zero-order chi connectivity index (χ0) is 51.4. The lowest BCUT2D eigenvalue weighted by molar-refractivity contribution is -0.167. The Morgan fingerprint density at radius 3 is 0.845 bits per heavy atom. The van der Waals surface area contributed by atoms with Crippen molar-refractivity contribution >= 4 is 17.9 Å². The first-order valence-electron chi connectivity index (χ1n) is 30.1. The summed E-state index contributed by atoms with van der Waals surface area (Å²) < 4.78 is 16.9. The quantitative estimate of drug-likeness (QED) is 0.0261. The van der Waals surface area contributed by atoms with Gasteiger partial charge in [-0.15, -0.1) is 0 Å². The van der Waals surface area contributed by atoms with E-state index in [4.69, 9.17) is 14.2 Å². The van der Waals surface area contributed by atoms with Gasteiger partial charge in [-0.3, -0.25) is 14.4 Å². The molecule has 0 aliphatic rings. The topological polar surface area (TPSA) is 78.9 Å². The number of allylic oxidation sites excluding steroid dienone is 14. The van der Waals surface area contributed by atoms with Gasteiger partial charge in [-0.1, -0.05) is 234 Å². The van der Waals surface area contributed by atoms with Gasteiger partial charge < -0.3 is 14.2 Å². The Morgan fingerprint density at radius 2 is 0.507 bits per heavy atom. The van der Waals surface area contributed by atoms with Gasteiger partial charge in [0, 0.05) is 19.3 Å². The molecule has 0 amide bonds. The van der Waals surface area contributed by atoms with E-state index in [0.29, 0.717) is 19.3 Å². The number of esters is 3. The minimum atomic E-state index is -0.798. The molecule has 0 aliphatic carbocycles. The summed E-state index contributed by atoms with van der Waals surface area (Å²) in [6, 6.07) is 0. The first kappa shape index (κ1) is 67.6. The van der Waals surface area contributed by atoms with Crippen LogP contribution in [0, 0.1) is 0 Å². The van der Waals surface area contributed by atoms with E-state index >= 15 is 0 Å². The summed E-state index contributed by atoms with van der Waals surface area (Å²) in [7, 11) is 0. The number of unbranched alkanes of at least 4 members (excludes halogenated alkanes) is 29. The Morgan fingerprint density at radius 1 is 0.282 bits per heavy atom. The predicted octanol–water partition coefficient (Wildman–Crippen LogP) is 20.3. The molecule has 0 aromatic heterocycles. The maximum atomic E-state index is 12.9. The minimum absolute atomic E-state index is 0.0946. The first-order chi connectivity index (χ1) is 35.0. The van der Waals surface area contributed by atoms with Crippen LogP contribution >= 0.6 is 0 Å². The minimum Gasteiger partial charge on any atom is -0.462 e. The summed E-state index contributed by atoms with van der Waals surface area (Å²) in [5, 5.41) is 0. The highest BCUT2D eigenvalue weighted by Gasteiger charge is 2.19. The van der Waals surface area contributed by atoms with E-state index in [1.165, 1.54) is 141 Å². The lowest BCUT2D eigenvalue weighted by Gasteiger charge is -2.18. The molecule has 0 radical (unpaired) electrons. The highest BCUT2D eigenvalue weighted by molar-refractivity contribution is 5.71. The monoisotopic (exact) mass is 989 g/mol. The summed E-state index contributed by atoms with van der Waals surface area (Å²) in [6.45, 7) is 6.56. The van der Waals surface area contributed by atoms with Crippen LogP contribution in [0.15, 0.2) is 85.1 Å². The molecule has 0 rings (SSSR count). The Hall–Kier alpha value is -3.41. The second kappa shape index (κ2) is 59.2. The van der Waals surface area contributed by atoms with Gasteiger partial charge in [-0.05, 0) is 122 Å². The van der Waals surface area contributed by atoms with Gasteiger partial charge in [0.1, 0.15) is 13.2 Å². The number of rotatable bonds is 54. The Kier molecular flexibility index (Phi) is 56.3. The van der Waals surface area contributed by atoms with Crippen molar-refractivity contribution in [2.75, 3.05) is 13.2 Å². The largest absolute Gasteiger partial charge is 0.462 e. The van der Waals surface area contributed by atoms with E-state index in [2.05, 4.69) is 106 Å². The van der Waals surface area contributed by atoms with Crippen molar-refractivity contribution in [3.05, 3.63) is 85.1 Å². The Bertz CT molecular complexity index is 1370. The van der Waals surface area contributed by atoms with Crippen molar-refractivity contribution in [2.45, 2.75) is 297 Å². The maximum absolute atomic E-state index is 12.9. The van der Waals surface area contributed by atoms with Crippen LogP contribution in [-0.4, -0.2) is 37.2 Å². The molecule has 71 heavy (non-hydrogen) atoms. The van der Waals surface area contributed by atoms with Crippen molar-refractivity contribution < 1.29 is 28.6 Å². The molecular weight excluding hydrogens is 877 g/mol. The molecule has 1 atom stereocenters. The number of hydrogen-bond acceptors (Lipinski definition) is 6. The van der Waals surface area contributed by atoms with Crippen LogP contribution in [0.5, 0.6) is 0 Å². The van der Waals surface area contributed by atoms with Gasteiger partial charge in [0.15, 0.2) is 6.10 Å². The number of carbonyl (C=O) groups is 3. The van der Waals surface area contributed by atoms with Gasteiger partial charge in [-0.2, -0.15) is 0 Å². The second-order valence-corrected chi connectivity index (χ2v) is 19.9. The van der Waals surface area contributed by atoms with Crippen molar-refractivity contribution in [3.8, 4) is 0 Å².